The quantitative estimate of drug-likeness (QED) is 0.166. The molecule has 3 aromatic carbocycles. The van der Waals surface area contributed by atoms with E-state index in [-0.39, 0.29) is 36.7 Å². The van der Waals surface area contributed by atoms with Gasteiger partial charge < -0.3 is 47.7 Å². The zero-order chi connectivity index (χ0) is 26.9. The van der Waals surface area contributed by atoms with Gasteiger partial charge in [-0.3, -0.25) is 0 Å². The number of halogens is 1. The van der Waals surface area contributed by atoms with Gasteiger partial charge in [0.1, 0.15) is 0 Å². The zero-order valence-electron chi connectivity index (χ0n) is 22.9. The van der Waals surface area contributed by atoms with Crippen LogP contribution in [-0.2, 0) is 30.5 Å². The van der Waals surface area contributed by atoms with E-state index in [1.807, 2.05) is 37.3 Å². The summed E-state index contributed by atoms with van der Waals surface area (Å²) >= 11 is 0. The number of aromatic nitrogens is 1. The average Bonchev–Trinajstić information content (AvgIpc) is 3.42. The molecule has 0 spiro atoms. The lowest BCUT2D eigenvalue weighted by Gasteiger charge is -2.21. The van der Waals surface area contributed by atoms with Crippen LogP contribution in [0.15, 0.2) is 54.7 Å². The van der Waals surface area contributed by atoms with Crippen LogP contribution >= 0.6 is 0 Å². The number of carbonyl (C=O) groups is 1. The number of hydrogen-bond donors (Lipinski definition) is 0. The summed E-state index contributed by atoms with van der Waals surface area (Å²) in [5.41, 5.74) is 6.72. The monoisotopic (exact) mass is 653 g/mol. The summed E-state index contributed by atoms with van der Waals surface area (Å²) in [5, 5.41) is 2.20. The van der Waals surface area contributed by atoms with E-state index in [4.69, 9.17) is 23.7 Å². The third kappa shape index (κ3) is 5.05. The second kappa shape index (κ2) is 11.9. The van der Waals surface area contributed by atoms with E-state index >= 15 is 0 Å². The van der Waals surface area contributed by atoms with Gasteiger partial charge in [0, 0.05) is 17.4 Å². The van der Waals surface area contributed by atoms with E-state index in [9.17, 15) is 4.79 Å². The van der Waals surface area contributed by atoms with Gasteiger partial charge in [0.15, 0.2) is 35.7 Å². The first-order valence-corrected chi connectivity index (χ1v) is 13.4. The molecule has 0 atom stereocenters. The van der Waals surface area contributed by atoms with Crippen molar-refractivity contribution < 1.29 is 57.0 Å². The SMILES string of the molecule is CCOC(=O)c1ccc(CCCc2c3[n+](cc4c(OC)c(OC)ccc24)CCc2cc4c(cc2-3)OCO4)cc1.[I-]. The molecule has 0 amide bonds. The molecule has 0 aliphatic carbocycles. The van der Waals surface area contributed by atoms with Gasteiger partial charge in [-0.2, -0.15) is 4.57 Å². The van der Waals surface area contributed by atoms with E-state index in [2.05, 4.69) is 29.0 Å². The molecule has 1 aromatic heterocycles. The number of pyridine rings is 1. The van der Waals surface area contributed by atoms with Gasteiger partial charge in [-0.15, -0.1) is 0 Å². The number of rotatable bonds is 8. The van der Waals surface area contributed by atoms with E-state index < -0.39 is 0 Å². The van der Waals surface area contributed by atoms with Crippen LogP contribution in [0.25, 0.3) is 22.0 Å². The minimum atomic E-state index is -0.285. The van der Waals surface area contributed by atoms with Gasteiger partial charge >= 0.3 is 5.97 Å². The number of ether oxygens (including phenoxy) is 5. The summed E-state index contributed by atoms with van der Waals surface area (Å²) in [7, 11) is 3.36. The normalized spacial score (nSPS) is 12.8. The molecule has 4 aromatic rings. The molecule has 0 bridgehead atoms. The molecule has 0 unspecified atom stereocenters. The highest BCUT2D eigenvalue weighted by atomic mass is 127. The summed E-state index contributed by atoms with van der Waals surface area (Å²) in [6.45, 7) is 3.31. The van der Waals surface area contributed by atoms with E-state index in [0.717, 1.165) is 66.0 Å². The van der Waals surface area contributed by atoms with Crippen LogP contribution in [-0.4, -0.2) is 33.6 Å². The number of esters is 1. The van der Waals surface area contributed by atoms with E-state index in [0.29, 0.717) is 12.2 Å². The Morgan fingerprint density at radius 2 is 1.73 bits per heavy atom. The van der Waals surface area contributed by atoms with Crippen molar-refractivity contribution in [3.8, 4) is 34.3 Å². The fourth-order valence-electron chi connectivity index (χ4n) is 5.75. The molecular formula is C32H32INO6. The van der Waals surface area contributed by atoms with Gasteiger partial charge in [-0.25, -0.2) is 4.79 Å². The second-order valence-corrected chi connectivity index (χ2v) is 9.80. The first-order chi connectivity index (χ1) is 19.1. The lowest BCUT2D eigenvalue weighted by Crippen LogP contribution is -3.00. The van der Waals surface area contributed by atoms with Gasteiger partial charge in [-0.05, 0) is 73.7 Å². The Morgan fingerprint density at radius 1 is 0.950 bits per heavy atom. The van der Waals surface area contributed by atoms with E-state index in [1.54, 1.807) is 14.2 Å². The molecular weight excluding hydrogens is 621 g/mol. The number of benzene rings is 3. The molecule has 40 heavy (non-hydrogen) atoms. The van der Waals surface area contributed by atoms with Crippen LogP contribution < -0.4 is 47.5 Å². The number of methoxy groups -OCH3 is 2. The van der Waals surface area contributed by atoms with Crippen LogP contribution in [0.5, 0.6) is 23.0 Å². The number of fused-ring (bicyclic) bond motifs is 5. The molecule has 0 fully saturated rings. The van der Waals surface area contributed by atoms with Crippen molar-refractivity contribution in [3.05, 3.63) is 77.0 Å². The summed E-state index contributed by atoms with van der Waals surface area (Å²) < 4.78 is 30.3. The topological polar surface area (TPSA) is 67.1 Å². The minimum Gasteiger partial charge on any atom is -1.00 e. The molecule has 3 heterocycles. The Morgan fingerprint density at radius 3 is 2.45 bits per heavy atom. The maximum Gasteiger partial charge on any atom is 0.338 e. The van der Waals surface area contributed by atoms with Crippen molar-refractivity contribution in [2.24, 2.45) is 0 Å². The smallest absolute Gasteiger partial charge is 0.338 e. The Balaban J connectivity index is 0.00000323. The van der Waals surface area contributed by atoms with Crippen molar-refractivity contribution in [1.82, 2.24) is 0 Å². The molecule has 6 rings (SSSR count). The number of nitrogens with zero attached hydrogens (tertiary/aromatic N) is 1. The van der Waals surface area contributed by atoms with Crippen molar-refractivity contribution in [3.63, 3.8) is 0 Å². The van der Waals surface area contributed by atoms with Crippen LogP contribution in [0, 0.1) is 0 Å². The Hall–Kier alpha value is -3.53. The molecule has 2 aliphatic heterocycles. The van der Waals surface area contributed by atoms with Crippen LogP contribution in [0.1, 0.15) is 40.4 Å². The molecule has 0 saturated heterocycles. The van der Waals surface area contributed by atoms with Gasteiger partial charge in [0.05, 0.1) is 37.3 Å². The largest absolute Gasteiger partial charge is 1.00 e. The molecule has 7 nitrogen and oxygen atoms in total. The second-order valence-electron chi connectivity index (χ2n) is 9.80. The molecule has 0 radical (unpaired) electrons. The van der Waals surface area contributed by atoms with Crippen molar-refractivity contribution in [2.45, 2.75) is 39.2 Å². The van der Waals surface area contributed by atoms with Crippen LogP contribution in [0.3, 0.4) is 0 Å². The van der Waals surface area contributed by atoms with Crippen molar-refractivity contribution in [1.29, 1.82) is 0 Å². The maximum absolute atomic E-state index is 12.0. The summed E-state index contributed by atoms with van der Waals surface area (Å²) in [4.78, 5) is 12.0. The Kier molecular flexibility index (Phi) is 8.35. The number of hydrogen-bond acceptors (Lipinski definition) is 6. The highest BCUT2D eigenvalue weighted by Crippen LogP contribution is 2.43. The third-order valence-electron chi connectivity index (χ3n) is 7.60. The average molecular weight is 654 g/mol. The summed E-state index contributed by atoms with van der Waals surface area (Å²) in [6, 6.07) is 16.1. The Bertz CT molecular complexity index is 1570. The molecule has 2 aliphatic rings. The standard InChI is InChI=1S/C32H32NO6.HI/c1-4-37-32(34)21-10-8-20(9-11-21)6-5-7-24-23-12-13-27(35-2)31(36-3)26(23)18-33-15-14-22-16-28-29(39-19-38-28)17-25(22)30(24)33;/h8-13,16-18H,4-7,14-15,19H2,1-3H3;1H/q+1;/p-1. The molecule has 208 valence electrons. The van der Waals surface area contributed by atoms with Crippen LogP contribution in [0.4, 0.5) is 0 Å². The summed E-state index contributed by atoms with van der Waals surface area (Å²) in [5.74, 6) is 2.80. The van der Waals surface area contributed by atoms with Crippen molar-refractivity contribution in [2.75, 3.05) is 27.6 Å². The zero-order valence-corrected chi connectivity index (χ0v) is 25.1. The fraction of sp³-hybridized carbons (Fsp3) is 0.312. The first-order valence-electron chi connectivity index (χ1n) is 13.4. The van der Waals surface area contributed by atoms with Crippen molar-refractivity contribution >= 4 is 16.7 Å². The predicted octanol–water partition coefficient (Wildman–Crippen LogP) is 2.45. The molecule has 8 heteroatoms. The Labute approximate surface area is 251 Å². The minimum absolute atomic E-state index is 0. The lowest BCUT2D eigenvalue weighted by atomic mass is 9.89. The maximum atomic E-state index is 12.0. The number of aryl methyl sites for hydroxylation is 4. The molecule has 0 saturated carbocycles. The van der Waals surface area contributed by atoms with Gasteiger partial charge in [0.2, 0.25) is 12.5 Å². The van der Waals surface area contributed by atoms with Crippen LogP contribution in [0.2, 0.25) is 0 Å². The number of carbonyl (C=O) groups excluding carboxylic acids is 1. The lowest BCUT2D eigenvalue weighted by molar-refractivity contribution is -0.686. The third-order valence-corrected chi connectivity index (χ3v) is 7.60. The van der Waals surface area contributed by atoms with Gasteiger partial charge in [-0.1, -0.05) is 12.1 Å². The highest BCUT2D eigenvalue weighted by Gasteiger charge is 2.32. The fourth-order valence-corrected chi connectivity index (χ4v) is 5.75. The van der Waals surface area contributed by atoms with Gasteiger partial charge in [0.25, 0.3) is 0 Å². The predicted molar refractivity (Wildman–Crippen MR) is 147 cm³/mol. The molecule has 0 N–H and O–H groups in total. The summed E-state index contributed by atoms with van der Waals surface area (Å²) in [6.07, 6.45) is 5.81. The highest BCUT2D eigenvalue weighted by molar-refractivity contribution is 5.95. The first kappa shape index (κ1) is 28.0. The van der Waals surface area contributed by atoms with E-state index in [1.165, 1.54) is 27.9 Å².